The second kappa shape index (κ2) is 7.47. The van der Waals surface area contributed by atoms with Crippen molar-refractivity contribution in [2.75, 3.05) is 19.0 Å². The Balaban J connectivity index is 1.85. The van der Waals surface area contributed by atoms with Crippen molar-refractivity contribution in [3.63, 3.8) is 0 Å². The highest BCUT2D eigenvalue weighted by Gasteiger charge is 2.10. The van der Waals surface area contributed by atoms with Gasteiger partial charge in [-0.15, -0.1) is 0 Å². The summed E-state index contributed by atoms with van der Waals surface area (Å²) in [7, 11) is 1.56. The molecule has 2 aromatic carbocycles. The van der Waals surface area contributed by atoms with Gasteiger partial charge in [0, 0.05) is 10.7 Å². The van der Waals surface area contributed by atoms with E-state index in [0.29, 0.717) is 22.0 Å². The van der Waals surface area contributed by atoms with Gasteiger partial charge in [0.25, 0.3) is 5.91 Å². The highest BCUT2D eigenvalue weighted by atomic mass is 35.5. The lowest BCUT2D eigenvalue weighted by Crippen LogP contribution is -2.20. The number of anilines is 1. The SMILES string of the molecule is COc1ccc(NC(=O)COC(=O)c2cccc(Cl)c2)cc1. The number of rotatable bonds is 5. The summed E-state index contributed by atoms with van der Waals surface area (Å²) >= 11 is 5.79. The fourth-order valence-corrected chi connectivity index (χ4v) is 1.89. The van der Waals surface area contributed by atoms with Gasteiger partial charge in [0.15, 0.2) is 6.61 Å². The van der Waals surface area contributed by atoms with E-state index in [9.17, 15) is 9.59 Å². The number of nitrogens with one attached hydrogen (secondary N) is 1. The van der Waals surface area contributed by atoms with Crippen molar-refractivity contribution in [2.24, 2.45) is 0 Å². The van der Waals surface area contributed by atoms with E-state index in [1.807, 2.05) is 0 Å². The lowest BCUT2D eigenvalue weighted by molar-refractivity contribution is -0.119. The summed E-state index contributed by atoms with van der Waals surface area (Å²) in [5, 5.41) is 3.04. The molecule has 0 radical (unpaired) electrons. The van der Waals surface area contributed by atoms with Crippen molar-refractivity contribution in [3.05, 3.63) is 59.1 Å². The molecule has 2 rings (SSSR count). The van der Waals surface area contributed by atoms with Gasteiger partial charge in [-0.1, -0.05) is 17.7 Å². The van der Waals surface area contributed by atoms with Crippen molar-refractivity contribution < 1.29 is 19.1 Å². The van der Waals surface area contributed by atoms with Gasteiger partial charge in [-0.05, 0) is 42.5 Å². The summed E-state index contributed by atoms with van der Waals surface area (Å²) in [5.74, 6) is -0.349. The Morgan fingerprint density at radius 3 is 2.50 bits per heavy atom. The summed E-state index contributed by atoms with van der Waals surface area (Å²) in [6.07, 6.45) is 0. The molecule has 1 amide bonds. The zero-order valence-corrected chi connectivity index (χ0v) is 12.6. The Kier molecular flexibility index (Phi) is 5.38. The molecule has 0 aromatic heterocycles. The van der Waals surface area contributed by atoms with Crippen molar-refractivity contribution in [2.45, 2.75) is 0 Å². The van der Waals surface area contributed by atoms with E-state index in [1.165, 1.54) is 6.07 Å². The predicted octanol–water partition coefficient (Wildman–Crippen LogP) is 3.14. The van der Waals surface area contributed by atoms with Gasteiger partial charge in [0.05, 0.1) is 12.7 Å². The van der Waals surface area contributed by atoms with Gasteiger partial charge in [-0.25, -0.2) is 4.79 Å². The van der Waals surface area contributed by atoms with Crippen molar-refractivity contribution in [1.29, 1.82) is 0 Å². The van der Waals surface area contributed by atoms with Gasteiger partial charge < -0.3 is 14.8 Å². The number of carbonyl (C=O) groups is 2. The smallest absolute Gasteiger partial charge is 0.338 e. The fourth-order valence-electron chi connectivity index (χ4n) is 1.70. The highest BCUT2D eigenvalue weighted by molar-refractivity contribution is 6.30. The molecule has 2 aromatic rings. The van der Waals surface area contributed by atoms with Gasteiger partial charge in [-0.3, -0.25) is 4.79 Å². The van der Waals surface area contributed by atoms with E-state index >= 15 is 0 Å². The molecular weight excluding hydrogens is 306 g/mol. The topological polar surface area (TPSA) is 64.6 Å². The molecule has 0 aliphatic carbocycles. The molecule has 0 saturated carbocycles. The zero-order chi connectivity index (χ0) is 15.9. The number of esters is 1. The summed E-state index contributed by atoms with van der Waals surface area (Å²) in [6, 6.07) is 13.1. The minimum Gasteiger partial charge on any atom is -0.497 e. The monoisotopic (exact) mass is 319 g/mol. The van der Waals surface area contributed by atoms with Crippen LogP contribution in [0.5, 0.6) is 5.75 Å². The third kappa shape index (κ3) is 4.49. The third-order valence-electron chi connectivity index (χ3n) is 2.77. The molecule has 114 valence electrons. The van der Waals surface area contributed by atoms with Crippen LogP contribution in [-0.2, 0) is 9.53 Å². The lowest BCUT2D eigenvalue weighted by atomic mass is 10.2. The molecule has 1 N–H and O–H groups in total. The molecule has 22 heavy (non-hydrogen) atoms. The first-order chi connectivity index (χ1) is 10.6. The van der Waals surface area contributed by atoms with E-state index in [-0.39, 0.29) is 6.61 Å². The molecule has 0 saturated heterocycles. The molecule has 0 fully saturated rings. The largest absolute Gasteiger partial charge is 0.497 e. The van der Waals surface area contributed by atoms with Crippen LogP contribution >= 0.6 is 11.6 Å². The minimum atomic E-state index is -0.604. The quantitative estimate of drug-likeness (QED) is 0.860. The Hall–Kier alpha value is -2.53. The number of benzene rings is 2. The van der Waals surface area contributed by atoms with Gasteiger partial charge in [-0.2, -0.15) is 0 Å². The first-order valence-corrected chi connectivity index (χ1v) is 6.83. The summed E-state index contributed by atoms with van der Waals surface area (Å²) in [5.41, 5.74) is 0.884. The Bertz CT molecular complexity index is 670. The molecule has 0 bridgehead atoms. The van der Waals surface area contributed by atoms with Gasteiger partial charge in [0.1, 0.15) is 5.75 Å². The molecule has 0 aliphatic heterocycles. The van der Waals surface area contributed by atoms with Crippen LogP contribution in [0.2, 0.25) is 5.02 Å². The average molecular weight is 320 g/mol. The van der Waals surface area contributed by atoms with Gasteiger partial charge in [0.2, 0.25) is 0 Å². The van der Waals surface area contributed by atoms with Crippen LogP contribution < -0.4 is 10.1 Å². The maximum atomic E-state index is 11.8. The molecule has 6 heteroatoms. The van der Waals surface area contributed by atoms with Crippen molar-refractivity contribution in [1.82, 2.24) is 0 Å². The molecule has 0 aliphatic rings. The molecular formula is C16H14ClNO4. The van der Waals surface area contributed by atoms with Crippen LogP contribution in [0.3, 0.4) is 0 Å². The summed E-state index contributed by atoms with van der Waals surface area (Å²) in [6.45, 7) is -0.378. The van der Waals surface area contributed by atoms with E-state index in [2.05, 4.69) is 5.32 Å². The van der Waals surface area contributed by atoms with Crippen LogP contribution in [0.4, 0.5) is 5.69 Å². The molecule has 0 heterocycles. The van der Waals surface area contributed by atoms with Crippen molar-refractivity contribution in [3.8, 4) is 5.75 Å². The lowest BCUT2D eigenvalue weighted by Gasteiger charge is -2.07. The number of ether oxygens (including phenoxy) is 2. The van der Waals surface area contributed by atoms with E-state index < -0.39 is 11.9 Å². The Morgan fingerprint density at radius 2 is 1.86 bits per heavy atom. The maximum Gasteiger partial charge on any atom is 0.338 e. The number of methoxy groups -OCH3 is 1. The van der Waals surface area contributed by atoms with E-state index in [0.717, 1.165) is 0 Å². The Labute approximate surface area is 132 Å². The van der Waals surface area contributed by atoms with Crippen LogP contribution in [0.25, 0.3) is 0 Å². The fraction of sp³-hybridized carbons (Fsp3) is 0.125. The molecule has 0 atom stereocenters. The standard InChI is InChI=1S/C16H14ClNO4/c1-21-14-7-5-13(6-8-14)18-15(19)10-22-16(20)11-3-2-4-12(17)9-11/h2-9H,10H2,1H3,(H,18,19). The molecule has 5 nitrogen and oxygen atoms in total. The number of halogens is 1. The Morgan fingerprint density at radius 1 is 1.14 bits per heavy atom. The normalized spacial score (nSPS) is 9.91. The number of carbonyl (C=O) groups excluding carboxylic acids is 2. The number of hydrogen-bond donors (Lipinski definition) is 1. The predicted molar refractivity (Wildman–Crippen MR) is 83.4 cm³/mol. The molecule has 0 unspecified atom stereocenters. The number of amides is 1. The van der Waals surface area contributed by atoms with Crippen LogP contribution in [0.15, 0.2) is 48.5 Å². The summed E-state index contributed by atoms with van der Waals surface area (Å²) < 4.78 is 9.95. The number of hydrogen-bond acceptors (Lipinski definition) is 4. The molecule has 0 spiro atoms. The first kappa shape index (κ1) is 15.9. The summed E-state index contributed by atoms with van der Waals surface area (Å²) in [4.78, 5) is 23.5. The van der Waals surface area contributed by atoms with Crippen molar-refractivity contribution >= 4 is 29.2 Å². The second-order valence-electron chi connectivity index (χ2n) is 4.36. The highest BCUT2D eigenvalue weighted by Crippen LogP contribution is 2.15. The van der Waals surface area contributed by atoms with E-state index in [4.69, 9.17) is 21.1 Å². The second-order valence-corrected chi connectivity index (χ2v) is 4.80. The first-order valence-electron chi connectivity index (χ1n) is 6.45. The van der Waals surface area contributed by atoms with Crippen LogP contribution in [0.1, 0.15) is 10.4 Å². The van der Waals surface area contributed by atoms with E-state index in [1.54, 1.807) is 49.6 Å². The average Bonchev–Trinajstić information content (AvgIpc) is 2.53. The van der Waals surface area contributed by atoms with Gasteiger partial charge >= 0.3 is 5.97 Å². The van der Waals surface area contributed by atoms with Crippen LogP contribution in [-0.4, -0.2) is 25.6 Å². The van der Waals surface area contributed by atoms with Crippen LogP contribution in [0, 0.1) is 0 Å². The third-order valence-corrected chi connectivity index (χ3v) is 3.00. The minimum absolute atomic E-state index is 0.296. The maximum absolute atomic E-state index is 11.8. The zero-order valence-electron chi connectivity index (χ0n) is 11.8.